The van der Waals surface area contributed by atoms with Gasteiger partial charge < -0.3 is 19.6 Å². The summed E-state index contributed by atoms with van der Waals surface area (Å²) < 4.78 is 32.8. The normalized spacial score (nSPS) is 16.1. The number of piperidine rings is 1. The van der Waals surface area contributed by atoms with Gasteiger partial charge in [0, 0.05) is 38.8 Å². The molecule has 1 atom stereocenters. The summed E-state index contributed by atoms with van der Waals surface area (Å²) in [5.41, 5.74) is 1.03. The first-order valence-electron chi connectivity index (χ1n) is 10.1. The molecule has 1 aromatic heterocycles. The molecule has 31 heavy (non-hydrogen) atoms. The van der Waals surface area contributed by atoms with Crippen LogP contribution in [0.4, 0.5) is 13.9 Å². The number of halogens is 2. The van der Waals surface area contributed by atoms with Gasteiger partial charge in [-0.25, -0.2) is 13.8 Å². The molecule has 1 aliphatic heterocycles. The average molecular weight is 458 g/mol. The van der Waals surface area contributed by atoms with Crippen LogP contribution in [0.25, 0.3) is 10.2 Å². The van der Waals surface area contributed by atoms with E-state index >= 15 is 0 Å². The second-order valence-electron chi connectivity index (χ2n) is 7.65. The Morgan fingerprint density at radius 3 is 2.65 bits per heavy atom. The standard InChI is InChI=1S/C22H25F2N3O2S.Na.H/c1-26(22-25-20-4-2-3-5-21(20)30-22)15-8-10-27(11-9-15)13-16(28)14-29-17-6-7-18(23)19(24)12-17;;/h2-7,12,15-16,28H,8-11,13-14H2,1H3;;/t16-;;/m0../s1. The van der Waals surface area contributed by atoms with E-state index in [1.54, 1.807) is 11.3 Å². The molecule has 0 amide bonds. The summed E-state index contributed by atoms with van der Waals surface area (Å²) in [6.45, 7) is 2.28. The van der Waals surface area contributed by atoms with Crippen LogP contribution in [0.2, 0.25) is 0 Å². The molecule has 1 saturated heterocycles. The van der Waals surface area contributed by atoms with Crippen LogP contribution < -0.4 is 9.64 Å². The van der Waals surface area contributed by atoms with Crippen LogP contribution in [0.1, 0.15) is 12.8 Å². The minimum absolute atomic E-state index is 0. The van der Waals surface area contributed by atoms with Crippen molar-refractivity contribution in [2.24, 2.45) is 0 Å². The van der Waals surface area contributed by atoms with Gasteiger partial charge in [0.25, 0.3) is 0 Å². The van der Waals surface area contributed by atoms with Crippen molar-refractivity contribution in [1.29, 1.82) is 0 Å². The van der Waals surface area contributed by atoms with Crippen LogP contribution in [-0.4, -0.2) is 90.0 Å². The van der Waals surface area contributed by atoms with Crippen molar-refractivity contribution in [3.63, 3.8) is 0 Å². The van der Waals surface area contributed by atoms with E-state index in [4.69, 9.17) is 9.72 Å². The average Bonchev–Trinajstić information content (AvgIpc) is 3.19. The molecule has 162 valence electrons. The fourth-order valence-corrected chi connectivity index (χ4v) is 4.76. The molecular formula is C22H26F2N3NaO2S. The molecule has 9 heteroatoms. The zero-order valence-corrected chi connectivity index (χ0v) is 17.6. The molecule has 3 aromatic rings. The van der Waals surface area contributed by atoms with Gasteiger partial charge in [-0.3, -0.25) is 0 Å². The number of aromatic nitrogens is 1. The van der Waals surface area contributed by atoms with Crippen molar-refractivity contribution in [3.05, 3.63) is 54.1 Å². The van der Waals surface area contributed by atoms with Crippen molar-refractivity contribution < 1.29 is 18.6 Å². The molecule has 0 aliphatic carbocycles. The van der Waals surface area contributed by atoms with Gasteiger partial charge >= 0.3 is 29.6 Å². The summed E-state index contributed by atoms with van der Waals surface area (Å²) in [5, 5.41) is 11.3. The van der Waals surface area contributed by atoms with Crippen molar-refractivity contribution in [2.75, 3.05) is 38.2 Å². The quantitative estimate of drug-likeness (QED) is 0.552. The number of aliphatic hydroxyl groups is 1. The predicted octanol–water partition coefficient (Wildman–Crippen LogP) is 3.27. The molecule has 1 aliphatic rings. The third-order valence-corrected chi connectivity index (χ3v) is 6.62. The molecule has 0 spiro atoms. The van der Waals surface area contributed by atoms with Crippen molar-refractivity contribution in [2.45, 2.75) is 25.0 Å². The molecule has 5 nitrogen and oxygen atoms in total. The number of nitrogens with zero attached hydrogens (tertiary/aromatic N) is 3. The van der Waals surface area contributed by atoms with Crippen molar-refractivity contribution in [3.8, 4) is 5.75 Å². The van der Waals surface area contributed by atoms with Gasteiger partial charge in [0.05, 0.1) is 10.2 Å². The third-order valence-electron chi connectivity index (χ3n) is 5.49. The summed E-state index contributed by atoms with van der Waals surface area (Å²) in [7, 11) is 2.10. The Hall–Kier alpha value is -1.29. The molecule has 2 heterocycles. The maximum atomic E-state index is 13.2. The van der Waals surface area contributed by atoms with Gasteiger partial charge in [-0.2, -0.15) is 0 Å². The monoisotopic (exact) mass is 457 g/mol. The number of benzene rings is 2. The number of likely N-dealkylation sites (tertiary alicyclic amines) is 1. The van der Waals surface area contributed by atoms with E-state index in [2.05, 4.69) is 22.9 Å². The van der Waals surface area contributed by atoms with Crippen molar-refractivity contribution >= 4 is 56.2 Å². The summed E-state index contributed by atoms with van der Waals surface area (Å²) in [6, 6.07) is 11.9. The Morgan fingerprint density at radius 1 is 1.19 bits per heavy atom. The maximum absolute atomic E-state index is 13.2. The number of rotatable bonds is 7. The Balaban J connectivity index is 0.00000272. The fourth-order valence-electron chi connectivity index (χ4n) is 3.77. The second-order valence-corrected chi connectivity index (χ2v) is 8.66. The summed E-state index contributed by atoms with van der Waals surface area (Å²) in [4.78, 5) is 9.22. The molecule has 2 aromatic carbocycles. The summed E-state index contributed by atoms with van der Waals surface area (Å²) in [6.07, 6.45) is 1.28. The first-order chi connectivity index (χ1) is 14.5. The SMILES string of the molecule is CN(c1nc2ccccc2s1)C1CCN(C[C@H](O)COc2ccc(F)c(F)c2)CC1.[NaH]. The fraction of sp³-hybridized carbons (Fsp3) is 0.409. The molecule has 1 fully saturated rings. The number of aliphatic hydroxyl groups excluding tert-OH is 1. The van der Waals surface area contributed by atoms with Gasteiger partial charge in [0.2, 0.25) is 0 Å². The Morgan fingerprint density at radius 2 is 1.94 bits per heavy atom. The molecule has 0 unspecified atom stereocenters. The first-order valence-corrected chi connectivity index (χ1v) is 10.9. The predicted molar refractivity (Wildman–Crippen MR) is 122 cm³/mol. The van der Waals surface area contributed by atoms with E-state index in [-0.39, 0.29) is 41.9 Å². The van der Waals surface area contributed by atoms with E-state index in [9.17, 15) is 13.9 Å². The van der Waals surface area contributed by atoms with Crippen LogP contribution in [0.3, 0.4) is 0 Å². The van der Waals surface area contributed by atoms with Gasteiger partial charge in [-0.05, 0) is 37.1 Å². The van der Waals surface area contributed by atoms with Gasteiger partial charge in [0.15, 0.2) is 16.8 Å². The van der Waals surface area contributed by atoms with Crippen LogP contribution >= 0.6 is 11.3 Å². The van der Waals surface area contributed by atoms with E-state index in [1.165, 1.54) is 10.8 Å². The number of thiazole rings is 1. The number of ether oxygens (including phenoxy) is 1. The van der Waals surface area contributed by atoms with Crippen LogP contribution in [-0.2, 0) is 0 Å². The topological polar surface area (TPSA) is 48.8 Å². The number of β-amino-alcohol motifs (C(OH)–C–C–N with tert-alkyl or cyclic N) is 1. The molecule has 1 N–H and O–H groups in total. The minimum atomic E-state index is -0.957. The molecule has 4 rings (SSSR count). The molecule has 0 bridgehead atoms. The number of fused-ring (bicyclic) bond motifs is 1. The van der Waals surface area contributed by atoms with Gasteiger partial charge in [-0.15, -0.1) is 0 Å². The number of para-hydroxylation sites is 1. The van der Waals surface area contributed by atoms with Crippen LogP contribution in [0.15, 0.2) is 42.5 Å². The Labute approximate surface area is 206 Å². The van der Waals surface area contributed by atoms with E-state index < -0.39 is 17.7 Å². The third kappa shape index (κ3) is 6.15. The van der Waals surface area contributed by atoms with Gasteiger partial charge in [0.1, 0.15) is 18.5 Å². The molecule has 0 radical (unpaired) electrons. The summed E-state index contributed by atoms with van der Waals surface area (Å²) >= 11 is 1.71. The van der Waals surface area contributed by atoms with Crippen LogP contribution in [0.5, 0.6) is 5.75 Å². The summed E-state index contributed by atoms with van der Waals surface area (Å²) in [5.74, 6) is -1.66. The van der Waals surface area contributed by atoms with E-state index in [1.807, 2.05) is 18.2 Å². The van der Waals surface area contributed by atoms with Crippen LogP contribution in [0, 0.1) is 11.6 Å². The van der Waals surface area contributed by atoms with E-state index in [0.717, 1.165) is 48.7 Å². The number of hydrogen-bond acceptors (Lipinski definition) is 6. The van der Waals surface area contributed by atoms with Gasteiger partial charge in [-0.1, -0.05) is 23.5 Å². The molecule has 0 saturated carbocycles. The zero-order valence-electron chi connectivity index (χ0n) is 16.8. The number of hydrogen-bond donors (Lipinski definition) is 1. The molecular weight excluding hydrogens is 431 g/mol. The van der Waals surface area contributed by atoms with E-state index in [0.29, 0.717) is 12.6 Å². The number of anilines is 1. The second kappa shape index (κ2) is 11.0. The first kappa shape index (κ1) is 24.4. The zero-order chi connectivity index (χ0) is 21.1. The Kier molecular flexibility index (Phi) is 8.66. The Bertz CT molecular complexity index is 965. The van der Waals surface area contributed by atoms with Crippen molar-refractivity contribution in [1.82, 2.24) is 9.88 Å².